The van der Waals surface area contributed by atoms with Crippen LogP contribution in [0.3, 0.4) is 0 Å². The lowest BCUT2D eigenvalue weighted by atomic mass is 10.0. The minimum atomic E-state index is -4.24. The Hall–Kier alpha value is -5.02. The standard InChI is InChI=1S/C23H18N6O8S/c1-13-2-9-17(10-3-13)38(36,37)27-26-20(22(30)14-4-6-15(7-5-14)28(32)33)21-23(31)25-19-12-16(29(34)35)8-11-18(19)24-21/h2-12,22,27,30H,1H3,(H,25,31)/b26-20-/t22-/m0/s1. The Labute approximate surface area is 213 Å². The van der Waals surface area contributed by atoms with E-state index in [9.17, 15) is 38.5 Å². The van der Waals surface area contributed by atoms with Crippen LogP contribution in [0.1, 0.15) is 22.9 Å². The maximum Gasteiger partial charge on any atom is 0.276 e. The van der Waals surface area contributed by atoms with Crippen LogP contribution in [0.5, 0.6) is 0 Å². The third kappa shape index (κ3) is 5.37. The van der Waals surface area contributed by atoms with E-state index < -0.39 is 42.9 Å². The van der Waals surface area contributed by atoms with Crippen LogP contribution in [0.25, 0.3) is 11.0 Å². The molecule has 0 aliphatic rings. The summed E-state index contributed by atoms with van der Waals surface area (Å²) in [5.74, 6) is 0. The van der Waals surface area contributed by atoms with Gasteiger partial charge in [-0.2, -0.15) is 18.4 Å². The molecule has 0 saturated carbocycles. The summed E-state index contributed by atoms with van der Waals surface area (Å²) in [5, 5.41) is 36.9. The zero-order valence-corrected chi connectivity index (χ0v) is 20.2. The molecule has 0 radical (unpaired) electrons. The summed E-state index contributed by atoms with van der Waals surface area (Å²) in [4.78, 5) is 42.1. The van der Waals surface area contributed by atoms with Crippen LogP contribution in [0, 0.1) is 27.2 Å². The van der Waals surface area contributed by atoms with Gasteiger partial charge in [0.05, 0.1) is 25.8 Å². The number of nitrogens with one attached hydrogen (secondary N) is 2. The highest BCUT2D eigenvalue weighted by atomic mass is 32.2. The molecule has 1 heterocycles. The van der Waals surface area contributed by atoms with E-state index in [1.807, 2.05) is 4.83 Å². The van der Waals surface area contributed by atoms with Crippen molar-refractivity contribution in [3.63, 3.8) is 0 Å². The van der Waals surface area contributed by atoms with Crippen molar-refractivity contribution < 1.29 is 23.4 Å². The number of hydrogen-bond acceptors (Lipinski definition) is 10. The molecule has 3 N–H and O–H groups in total. The highest BCUT2D eigenvalue weighted by molar-refractivity contribution is 7.89. The number of aromatic nitrogens is 2. The number of nitrogens with zero attached hydrogens (tertiary/aromatic N) is 4. The molecule has 3 aromatic carbocycles. The normalized spacial score (nSPS) is 12.7. The van der Waals surface area contributed by atoms with Gasteiger partial charge in [0.2, 0.25) is 0 Å². The molecule has 1 aromatic heterocycles. The highest BCUT2D eigenvalue weighted by Gasteiger charge is 2.25. The lowest BCUT2D eigenvalue weighted by Gasteiger charge is -2.14. The molecule has 0 bridgehead atoms. The summed E-state index contributed by atoms with van der Waals surface area (Å²) in [6.07, 6.45) is -1.75. The van der Waals surface area contributed by atoms with Gasteiger partial charge in [0, 0.05) is 24.3 Å². The van der Waals surface area contributed by atoms with Gasteiger partial charge in [0.15, 0.2) is 5.69 Å². The molecule has 38 heavy (non-hydrogen) atoms. The average Bonchev–Trinajstić information content (AvgIpc) is 2.88. The second kappa shape index (κ2) is 10.2. The van der Waals surface area contributed by atoms with E-state index in [0.29, 0.717) is 0 Å². The largest absolute Gasteiger partial charge is 0.382 e. The third-order valence-electron chi connectivity index (χ3n) is 5.43. The lowest BCUT2D eigenvalue weighted by Crippen LogP contribution is -2.29. The number of non-ortho nitro benzene ring substituents is 2. The molecule has 4 aromatic rings. The minimum Gasteiger partial charge on any atom is -0.382 e. The number of nitro groups is 2. The van der Waals surface area contributed by atoms with Crippen molar-refractivity contribution in [3.8, 4) is 0 Å². The number of rotatable bonds is 8. The van der Waals surface area contributed by atoms with Crippen LogP contribution in [0.4, 0.5) is 11.4 Å². The Morgan fingerprint density at radius 2 is 1.61 bits per heavy atom. The van der Waals surface area contributed by atoms with E-state index in [0.717, 1.165) is 29.8 Å². The van der Waals surface area contributed by atoms with Gasteiger partial charge < -0.3 is 10.1 Å². The lowest BCUT2D eigenvalue weighted by molar-refractivity contribution is -0.385. The first-order valence-corrected chi connectivity index (χ1v) is 12.2. The van der Waals surface area contributed by atoms with Crippen LogP contribution in [-0.4, -0.2) is 39.1 Å². The number of hydrogen-bond donors (Lipinski definition) is 3. The van der Waals surface area contributed by atoms with Crippen molar-refractivity contribution >= 4 is 38.1 Å². The van der Waals surface area contributed by atoms with Crippen molar-refractivity contribution in [2.75, 3.05) is 0 Å². The summed E-state index contributed by atoms with van der Waals surface area (Å²) >= 11 is 0. The molecule has 194 valence electrons. The van der Waals surface area contributed by atoms with Crippen molar-refractivity contribution in [1.82, 2.24) is 14.8 Å². The molecule has 15 heteroatoms. The predicted octanol–water partition coefficient (Wildman–Crippen LogP) is 2.46. The first-order chi connectivity index (χ1) is 18.0. The summed E-state index contributed by atoms with van der Waals surface area (Å²) in [6, 6.07) is 14.0. The predicted molar refractivity (Wildman–Crippen MR) is 135 cm³/mol. The van der Waals surface area contributed by atoms with E-state index in [2.05, 4.69) is 15.1 Å². The summed E-state index contributed by atoms with van der Waals surface area (Å²) in [7, 11) is -4.24. The monoisotopic (exact) mass is 538 g/mol. The summed E-state index contributed by atoms with van der Waals surface area (Å²) < 4.78 is 25.6. The number of H-pyrrole nitrogens is 1. The van der Waals surface area contributed by atoms with Gasteiger partial charge in [-0.3, -0.25) is 25.0 Å². The van der Waals surface area contributed by atoms with Crippen molar-refractivity contribution in [2.24, 2.45) is 5.10 Å². The summed E-state index contributed by atoms with van der Waals surface area (Å²) in [5.41, 5.74) is -1.50. The third-order valence-corrected chi connectivity index (χ3v) is 6.65. The molecule has 0 unspecified atom stereocenters. The fraction of sp³-hybridized carbons (Fsp3) is 0.0870. The zero-order chi connectivity index (χ0) is 27.6. The molecule has 0 aliphatic heterocycles. The van der Waals surface area contributed by atoms with Gasteiger partial charge in [-0.15, -0.1) is 0 Å². The fourth-order valence-corrected chi connectivity index (χ4v) is 4.24. The number of benzene rings is 3. The maximum absolute atomic E-state index is 12.9. The molecular weight excluding hydrogens is 520 g/mol. The molecule has 0 aliphatic carbocycles. The highest BCUT2D eigenvalue weighted by Crippen LogP contribution is 2.23. The Kier molecular flexibility index (Phi) is 6.96. The molecular formula is C23H18N6O8S. The maximum atomic E-state index is 12.9. The first kappa shape index (κ1) is 26.1. The Bertz CT molecular complexity index is 1750. The number of aliphatic hydroxyl groups is 1. The topological polar surface area (TPSA) is 211 Å². The zero-order valence-electron chi connectivity index (χ0n) is 19.4. The smallest absolute Gasteiger partial charge is 0.276 e. The number of aromatic amines is 1. The number of sulfonamides is 1. The van der Waals surface area contributed by atoms with Crippen molar-refractivity contribution in [1.29, 1.82) is 0 Å². The van der Waals surface area contributed by atoms with Gasteiger partial charge in [-0.1, -0.05) is 17.7 Å². The van der Waals surface area contributed by atoms with Crippen LogP contribution in [0.2, 0.25) is 0 Å². The van der Waals surface area contributed by atoms with E-state index in [4.69, 9.17) is 0 Å². The Morgan fingerprint density at radius 3 is 2.21 bits per heavy atom. The van der Waals surface area contributed by atoms with Gasteiger partial charge in [0.1, 0.15) is 11.8 Å². The number of fused-ring (bicyclic) bond motifs is 1. The van der Waals surface area contributed by atoms with Crippen molar-refractivity contribution in [2.45, 2.75) is 17.9 Å². The molecule has 14 nitrogen and oxygen atoms in total. The molecule has 0 fully saturated rings. The van der Waals surface area contributed by atoms with Crippen LogP contribution >= 0.6 is 0 Å². The van der Waals surface area contributed by atoms with Gasteiger partial charge in [-0.25, -0.2) is 4.98 Å². The number of hydrazone groups is 1. The molecule has 0 amide bonds. The van der Waals surface area contributed by atoms with E-state index in [1.54, 1.807) is 19.1 Å². The van der Waals surface area contributed by atoms with Crippen molar-refractivity contribution in [3.05, 3.63) is 114 Å². The molecule has 0 saturated heterocycles. The van der Waals surface area contributed by atoms with Crippen LogP contribution in [0.15, 0.2) is 81.5 Å². The second-order valence-corrected chi connectivity index (χ2v) is 9.69. The molecule has 0 spiro atoms. The van der Waals surface area contributed by atoms with E-state index in [1.165, 1.54) is 30.3 Å². The molecule has 1 atom stereocenters. The van der Waals surface area contributed by atoms with E-state index in [-0.39, 0.29) is 32.9 Å². The first-order valence-electron chi connectivity index (χ1n) is 10.7. The van der Waals surface area contributed by atoms with Crippen LogP contribution < -0.4 is 10.4 Å². The SMILES string of the molecule is Cc1ccc(S(=O)(=O)N/N=C(/c2nc3ccc([N+](=O)[O-])cc3[nH]c2=O)[C@@H](O)c2ccc([N+](=O)[O-])cc2)cc1. The summed E-state index contributed by atoms with van der Waals surface area (Å²) in [6.45, 7) is 1.77. The average molecular weight is 538 g/mol. The number of aliphatic hydroxyl groups excluding tert-OH is 1. The van der Waals surface area contributed by atoms with E-state index >= 15 is 0 Å². The number of aryl methyl sites for hydroxylation is 1. The Balaban J connectivity index is 1.83. The fourth-order valence-electron chi connectivity index (χ4n) is 3.42. The molecule has 4 rings (SSSR count). The van der Waals surface area contributed by atoms with Crippen LogP contribution in [-0.2, 0) is 10.0 Å². The van der Waals surface area contributed by atoms with Gasteiger partial charge >= 0.3 is 0 Å². The Morgan fingerprint density at radius 1 is 1.00 bits per heavy atom. The number of nitro benzene ring substituents is 2. The second-order valence-electron chi connectivity index (χ2n) is 8.03. The minimum absolute atomic E-state index is 0.0253. The van der Waals surface area contributed by atoms with Gasteiger partial charge in [-0.05, 0) is 42.8 Å². The quantitative estimate of drug-likeness (QED) is 0.170. The van der Waals surface area contributed by atoms with Gasteiger partial charge in [0.25, 0.3) is 27.0 Å².